The van der Waals surface area contributed by atoms with Crippen molar-refractivity contribution in [2.24, 2.45) is 0 Å². The van der Waals surface area contributed by atoms with Crippen LogP contribution in [0.25, 0.3) is 16.7 Å². The van der Waals surface area contributed by atoms with E-state index in [1.54, 1.807) is 0 Å². The lowest BCUT2D eigenvalue weighted by atomic mass is 9.81. The Morgan fingerprint density at radius 3 is 1.57 bits per heavy atom. The van der Waals surface area contributed by atoms with Gasteiger partial charge in [-0.2, -0.15) is 0 Å². The maximum atomic E-state index is 2.38. The summed E-state index contributed by atoms with van der Waals surface area (Å²) in [5, 5.41) is 0. The molecule has 0 aliphatic heterocycles. The Morgan fingerprint density at radius 2 is 0.929 bits per heavy atom. The predicted molar refractivity (Wildman–Crippen MR) is 116 cm³/mol. The minimum absolute atomic E-state index is 1.27. The van der Waals surface area contributed by atoms with Crippen molar-refractivity contribution in [2.45, 2.75) is 0 Å². The first-order valence-corrected chi connectivity index (χ1v) is 9.72. The van der Waals surface area contributed by atoms with Crippen LogP contribution in [0.3, 0.4) is 0 Å². The zero-order valence-electron chi connectivity index (χ0n) is 15.4. The van der Waals surface area contributed by atoms with Crippen molar-refractivity contribution in [3.63, 3.8) is 0 Å². The van der Waals surface area contributed by atoms with Crippen LogP contribution in [-0.2, 0) is 0 Å². The maximum absolute atomic E-state index is 2.38. The van der Waals surface area contributed by atoms with Crippen LogP contribution in [-0.4, -0.2) is 0 Å². The largest absolute Gasteiger partial charge is 0.129 e. The molecule has 0 saturated heterocycles. The average Bonchev–Trinajstić information content (AvgIpc) is 3.30. The van der Waals surface area contributed by atoms with Gasteiger partial charge in [0.05, 0.1) is 17.2 Å². The molecule has 0 amide bonds. The zero-order chi connectivity index (χ0) is 18.5. The van der Waals surface area contributed by atoms with Crippen molar-refractivity contribution in [3.8, 4) is 11.1 Å². The summed E-state index contributed by atoms with van der Waals surface area (Å²) in [7, 11) is 0. The smallest absolute Gasteiger partial charge is 0.0622 e. The molecule has 0 fully saturated rings. The highest BCUT2D eigenvalue weighted by molar-refractivity contribution is 5.95. The SMILES string of the molecule is C1=C(c2ccccc2)c2ccccc2[C+]1[C+]1c2ccccc2-c2ccccc21. The third-order valence-corrected chi connectivity index (χ3v) is 5.83. The van der Waals surface area contributed by atoms with Gasteiger partial charge in [-0.15, -0.1) is 0 Å². The van der Waals surface area contributed by atoms with Crippen molar-refractivity contribution in [2.75, 3.05) is 0 Å². The molecule has 0 spiro atoms. The van der Waals surface area contributed by atoms with E-state index in [-0.39, 0.29) is 0 Å². The first-order chi connectivity index (χ1) is 13.9. The van der Waals surface area contributed by atoms with Gasteiger partial charge >= 0.3 is 0 Å². The zero-order valence-corrected chi connectivity index (χ0v) is 15.4. The molecule has 2 aliphatic rings. The van der Waals surface area contributed by atoms with Crippen LogP contribution in [0.2, 0.25) is 0 Å². The van der Waals surface area contributed by atoms with Gasteiger partial charge in [-0.05, 0) is 66.7 Å². The Kier molecular flexibility index (Phi) is 3.27. The van der Waals surface area contributed by atoms with Crippen molar-refractivity contribution in [1.82, 2.24) is 0 Å². The van der Waals surface area contributed by atoms with E-state index >= 15 is 0 Å². The summed E-state index contributed by atoms with van der Waals surface area (Å²) in [5.74, 6) is 2.68. The fourth-order valence-electron chi connectivity index (χ4n) is 4.62. The summed E-state index contributed by atoms with van der Waals surface area (Å²) < 4.78 is 0. The summed E-state index contributed by atoms with van der Waals surface area (Å²) in [6, 6.07) is 37.1. The van der Waals surface area contributed by atoms with Crippen molar-refractivity contribution in [1.29, 1.82) is 0 Å². The molecule has 0 bridgehead atoms. The van der Waals surface area contributed by atoms with Gasteiger partial charge in [0, 0.05) is 23.8 Å². The van der Waals surface area contributed by atoms with Crippen LogP contribution in [0.5, 0.6) is 0 Å². The molecule has 0 unspecified atom stereocenters. The second-order valence-electron chi connectivity index (χ2n) is 7.35. The van der Waals surface area contributed by atoms with Gasteiger partial charge in [0.25, 0.3) is 0 Å². The minimum atomic E-state index is 1.27. The van der Waals surface area contributed by atoms with Gasteiger partial charge in [-0.1, -0.05) is 18.2 Å². The lowest BCUT2D eigenvalue weighted by molar-refractivity contribution is 1.16. The topological polar surface area (TPSA) is 0 Å². The molecule has 0 heteroatoms. The van der Waals surface area contributed by atoms with Crippen LogP contribution in [0.1, 0.15) is 27.8 Å². The van der Waals surface area contributed by atoms with Crippen LogP contribution >= 0.6 is 0 Å². The molecule has 0 N–H and O–H groups in total. The standard InChI is InChI=1S/C28H18/c1-2-10-19(11-3-1)26-18-27(23-15-5-4-14-22(23)26)28-24-16-8-6-12-20(24)21-13-7-9-17-25(21)28/h1-18H/q+2. The molecule has 2 aliphatic carbocycles. The van der Waals surface area contributed by atoms with Crippen molar-refractivity contribution in [3.05, 3.63) is 149 Å². The third kappa shape index (κ3) is 2.12. The molecule has 0 radical (unpaired) electrons. The molecule has 4 aromatic rings. The van der Waals surface area contributed by atoms with E-state index < -0.39 is 0 Å². The first-order valence-electron chi connectivity index (χ1n) is 9.72. The van der Waals surface area contributed by atoms with E-state index in [9.17, 15) is 0 Å². The van der Waals surface area contributed by atoms with Crippen molar-refractivity contribution >= 4 is 5.57 Å². The maximum Gasteiger partial charge on any atom is 0.129 e. The van der Waals surface area contributed by atoms with Crippen LogP contribution in [0.4, 0.5) is 0 Å². The first kappa shape index (κ1) is 15.4. The Hall–Kier alpha value is -3.64. The lowest BCUT2D eigenvalue weighted by Crippen LogP contribution is -2.09. The Labute approximate surface area is 165 Å². The molecular weight excluding hydrogens is 336 g/mol. The number of hydrogen-bond donors (Lipinski definition) is 0. The highest BCUT2D eigenvalue weighted by Gasteiger charge is 2.48. The molecule has 0 saturated carbocycles. The van der Waals surface area contributed by atoms with E-state index in [0.717, 1.165) is 0 Å². The lowest BCUT2D eigenvalue weighted by Gasteiger charge is -2.10. The highest BCUT2D eigenvalue weighted by atomic mass is 14.4. The summed E-state index contributed by atoms with van der Waals surface area (Å²) in [6.07, 6.45) is 2.38. The van der Waals surface area contributed by atoms with E-state index in [1.807, 2.05) is 0 Å². The molecular formula is C28H18+2. The summed E-state index contributed by atoms with van der Waals surface area (Å²) in [6.45, 7) is 0. The second kappa shape index (κ2) is 5.94. The molecule has 128 valence electrons. The summed E-state index contributed by atoms with van der Waals surface area (Å²) in [5.41, 5.74) is 10.5. The molecule has 28 heavy (non-hydrogen) atoms. The van der Waals surface area contributed by atoms with Crippen LogP contribution < -0.4 is 0 Å². The number of rotatable bonds is 2. The second-order valence-corrected chi connectivity index (χ2v) is 7.35. The van der Waals surface area contributed by atoms with Gasteiger partial charge in [-0.25, -0.2) is 0 Å². The Balaban J connectivity index is 1.58. The van der Waals surface area contributed by atoms with Crippen molar-refractivity contribution < 1.29 is 0 Å². The van der Waals surface area contributed by atoms with E-state index in [0.29, 0.717) is 0 Å². The van der Waals surface area contributed by atoms with E-state index in [4.69, 9.17) is 0 Å². The van der Waals surface area contributed by atoms with Gasteiger partial charge < -0.3 is 0 Å². The van der Waals surface area contributed by atoms with E-state index in [1.165, 1.54) is 56.4 Å². The van der Waals surface area contributed by atoms with Gasteiger partial charge in [-0.3, -0.25) is 0 Å². The van der Waals surface area contributed by atoms with E-state index in [2.05, 4.69) is 109 Å². The molecule has 0 heterocycles. The number of fused-ring (bicyclic) bond motifs is 4. The average molecular weight is 354 g/mol. The Morgan fingerprint density at radius 1 is 0.429 bits per heavy atom. The predicted octanol–water partition coefficient (Wildman–Crippen LogP) is 6.71. The third-order valence-electron chi connectivity index (χ3n) is 5.83. The van der Waals surface area contributed by atoms with Gasteiger partial charge in [0.15, 0.2) is 0 Å². The molecule has 6 rings (SSSR count). The molecule has 0 aromatic heterocycles. The van der Waals surface area contributed by atoms with Crippen LogP contribution in [0, 0.1) is 11.8 Å². The number of allylic oxidation sites excluding steroid dienone is 1. The number of hydrogen-bond acceptors (Lipinski definition) is 0. The fourth-order valence-corrected chi connectivity index (χ4v) is 4.62. The summed E-state index contributed by atoms with van der Waals surface area (Å²) >= 11 is 0. The fraction of sp³-hybridized carbons (Fsp3) is 0. The van der Waals surface area contributed by atoms with Crippen LogP contribution in [0.15, 0.2) is 109 Å². The molecule has 0 nitrogen and oxygen atoms in total. The Bertz CT molecular complexity index is 1170. The molecule has 4 aromatic carbocycles. The number of benzene rings is 4. The summed E-state index contributed by atoms with van der Waals surface area (Å²) in [4.78, 5) is 0. The molecule has 0 atom stereocenters. The van der Waals surface area contributed by atoms with Gasteiger partial charge in [0.2, 0.25) is 0 Å². The normalized spacial score (nSPS) is 13.8. The highest BCUT2D eigenvalue weighted by Crippen LogP contribution is 2.54. The monoisotopic (exact) mass is 354 g/mol. The minimum Gasteiger partial charge on any atom is -0.0622 e. The van der Waals surface area contributed by atoms with Gasteiger partial charge in [0.1, 0.15) is 39.7 Å². The quantitative estimate of drug-likeness (QED) is 0.351.